The first-order valence-corrected chi connectivity index (χ1v) is 5.33. The van der Waals surface area contributed by atoms with Crippen molar-refractivity contribution in [3.05, 3.63) is 34.9 Å². The molecular formula is C12H11F3O3. The highest BCUT2D eigenvalue weighted by molar-refractivity contribution is 5.93. The highest BCUT2D eigenvalue weighted by atomic mass is 19.4. The van der Waals surface area contributed by atoms with Crippen molar-refractivity contribution < 1.29 is 27.4 Å². The van der Waals surface area contributed by atoms with E-state index >= 15 is 0 Å². The molecule has 0 amide bonds. The Morgan fingerprint density at radius 3 is 2.83 bits per heavy atom. The zero-order valence-electron chi connectivity index (χ0n) is 9.58. The zero-order valence-corrected chi connectivity index (χ0v) is 9.58. The maximum absolute atomic E-state index is 12.1. The summed E-state index contributed by atoms with van der Waals surface area (Å²) in [6.07, 6.45) is -5.26. The summed E-state index contributed by atoms with van der Waals surface area (Å²) in [5, 5.41) is 0. The molecule has 0 aliphatic carbocycles. The van der Waals surface area contributed by atoms with Gasteiger partial charge in [-0.1, -0.05) is 18.2 Å². The summed E-state index contributed by atoms with van der Waals surface area (Å²) in [6, 6.07) is 4.97. The second-order valence-electron chi connectivity index (χ2n) is 4.05. The van der Waals surface area contributed by atoms with E-state index in [9.17, 15) is 18.0 Å². The van der Waals surface area contributed by atoms with Crippen molar-refractivity contribution in [2.45, 2.75) is 19.2 Å². The first-order valence-electron chi connectivity index (χ1n) is 5.33. The highest BCUT2D eigenvalue weighted by Crippen LogP contribution is 2.31. The van der Waals surface area contributed by atoms with Gasteiger partial charge < -0.3 is 9.47 Å². The molecule has 1 unspecified atom stereocenters. The molecule has 98 valence electrons. The van der Waals surface area contributed by atoms with Crippen LogP contribution in [0.5, 0.6) is 0 Å². The van der Waals surface area contributed by atoms with E-state index in [0.29, 0.717) is 16.7 Å². The second kappa shape index (κ2) is 4.61. The Balaban J connectivity index is 2.24. The molecule has 0 bridgehead atoms. The molecule has 1 aromatic carbocycles. The van der Waals surface area contributed by atoms with Gasteiger partial charge in [0.2, 0.25) is 0 Å². The van der Waals surface area contributed by atoms with Gasteiger partial charge in [0.25, 0.3) is 0 Å². The van der Waals surface area contributed by atoms with E-state index < -0.39 is 24.9 Å². The van der Waals surface area contributed by atoms with Crippen molar-refractivity contribution in [2.24, 2.45) is 0 Å². The quantitative estimate of drug-likeness (QED) is 0.767. The first kappa shape index (κ1) is 12.9. The molecule has 1 heterocycles. The fraction of sp³-hybridized carbons (Fsp3) is 0.417. The Bertz CT molecular complexity index is 468. The fourth-order valence-electron chi connectivity index (χ4n) is 1.88. The summed E-state index contributed by atoms with van der Waals surface area (Å²) in [5.41, 5.74) is 1.42. The molecule has 1 atom stereocenters. The minimum absolute atomic E-state index is 0.189. The van der Waals surface area contributed by atoms with Crippen LogP contribution in [-0.2, 0) is 9.47 Å². The highest BCUT2D eigenvalue weighted by Gasteiger charge is 2.34. The Morgan fingerprint density at radius 2 is 2.17 bits per heavy atom. The number of halogens is 3. The zero-order chi connectivity index (χ0) is 13.3. The topological polar surface area (TPSA) is 35.5 Å². The molecular weight excluding hydrogens is 249 g/mol. The molecule has 0 saturated carbocycles. The van der Waals surface area contributed by atoms with Crippen LogP contribution in [-0.4, -0.2) is 25.4 Å². The van der Waals surface area contributed by atoms with Gasteiger partial charge in [-0.2, -0.15) is 13.2 Å². The average Bonchev–Trinajstić information content (AvgIpc) is 2.27. The van der Waals surface area contributed by atoms with E-state index in [0.717, 1.165) is 0 Å². The Hall–Kier alpha value is -1.56. The van der Waals surface area contributed by atoms with E-state index in [1.165, 1.54) is 0 Å². The van der Waals surface area contributed by atoms with E-state index in [-0.39, 0.29) is 6.61 Å². The van der Waals surface area contributed by atoms with Gasteiger partial charge in [0.15, 0.2) is 0 Å². The number of rotatable bonds is 2. The molecule has 0 aromatic heterocycles. The molecule has 0 N–H and O–H groups in total. The predicted molar refractivity (Wildman–Crippen MR) is 56.2 cm³/mol. The van der Waals surface area contributed by atoms with Crippen LogP contribution in [0.1, 0.15) is 27.6 Å². The summed E-state index contributed by atoms with van der Waals surface area (Å²) in [5.74, 6) is -0.519. The van der Waals surface area contributed by atoms with Crippen molar-refractivity contribution in [3.63, 3.8) is 0 Å². The maximum Gasteiger partial charge on any atom is 0.411 e. The van der Waals surface area contributed by atoms with Crippen molar-refractivity contribution in [1.29, 1.82) is 0 Å². The third-order valence-corrected chi connectivity index (χ3v) is 2.67. The molecule has 0 saturated heterocycles. The number of hydrogen-bond acceptors (Lipinski definition) is 3. The largest absolute Gasteiger partial charge is 0.459 e. The minimum Gasteiger partial charge on any atom is -0.459 e. The van der Waals surface area contributed by atoms with Crippen LogP contribution in [0.15, 0.2) is 18.2 Å². The number of alkyl halides is 3. The summed E-state index contributed by atoms with van der Waals surface area (Å²) < 4.78 is 45.9. The first-order chi connectivity index (χ1) is 8.38. The van der Waals surface area contributed by atoms with Gasteiger partial charge >= 0.3 is 12.1 Å². The Kier molecular flexibility index (Phi) is 3.30. The van der Waals surface area contributed by atoms with Gasteiger partial charge in [-0.25, -0.2) is 4.79 Å². The summed E-state index contributed by atoms with van der Waals surface area (Å²) in [6.45, 7) is 0.153. The number of carbonyl (C=O) groups excluding carboxylic acids is 1. The monoisotopic (exact) mass is 260 g/mol. The molecule has 1 aliphatic rings. The minimum atomic E-state index is -4.40. The lowest BCUT2D eigenvalue weighted by atomic mass is 9.96. The number of carbonyl (C=O) groups is 1. The standard InChI is InChI=1S/C12H11F3O3/c1-7-3-2-4-8-9(18-6-12(13,14)15)5-17-11(16)10(7)8/h2-4,9H,5-6H2,1H3. The average molecular weight is 260 g/mol. The lowest BCUT2D eigenvalue weighted by Gasteiger charge is -2.26. The van der Waals surface area contributed by atoms with Gasteiger partial charge in [0.1, 0.15) is 19.3 Å². The van der Waals surface area contributed by atoms with Crippen LogP contribution in [0.25, 0.3) is 0 Å². The molecule has 18 heavy (non-hydrogen) atoms. The SMILES string of the molecule is Cc1cccc2c1C(=O)OCC2OCC(F)(F)F. The van der Waals surface area contributed by atoms with Crippen LogP contribution >= 0.6 is 0 Å². The summed E-state index contributed by atoms with van der Waals surface area (Å²) in [4.78, 5) is 11.6. The summed E-state index contributed by atoms with van der Waals surface area (Å²) in [7, 11) is 0. The van der Waals surface area contributed by atoms with E-state index in [4.69, 9.17) is 9.47 Å². The predicted octanol–water partition coefficient (Wildman–Crippen LogP) is 2.79. The molecule has 3 nitrogen and oxygen atoms in total. The molecule has 1 aliphatic heterocycles. The number of fused-ring (bicyclic) bond motifs is 1. The van der Waals surface area contributed by atoms with Gasteiger partial charge in [-0.15, -0.1) is 0 Å². The van der Waals surface area contributed by atoms with Crippen LogP contribution in [0.4, 0.5) is 13.2 Å². The lowest BCUT2D eigenvalue weighted by molar-refractivity contribution is -0.190. The van der Waals surface area contributed by atoms with Gasteiger partial charge in [0, 0.05) is 0 Å². The van der Waals surface area contributed by atoms with Gasteiger partial charge in [-0.3, -0.25) is 0 Å². The number of ether oxygens (including phenoxy) is 2. The molecule has 0 spiro atoms. The molecule has 1 aromatic rings. The normalized spacial score (nSPS) is 19.3. The van der Waals surface area contributed by atoms with E-state index in [2.05, 4.69) is 0 Å². The van der Waals surface area contributed by atoms with Gasteiger partial charge in [0.05, 0.1) is 5.56 Å². The molecule has 6 heteroatoms. The Labute approximate surface area is 102 Å². The van der Waals surface area contributed by atoms with Gasteiger partial charge in [-0.05, 0) is 18.1 Å². The number of benzene rings is 1. The fourth-order valence-corrected chi connectivity index (χ4v) is 1.88. The molecule has 2 rings (SSSR count). The van der Waals surface area contributed by atoms with Crippen LogP contribution in [0, 0.1) is 6.92 Å². The van der Waals surface area contributed by atoms with E-state index in [1.807, 2.05) is 0 Å². The lowest BCUT2D eigenvalue weighted by Crippen LogP contribution is -2.28. The summed E-state index contributed by atoms with van der Waals surface area (Å²) >= 11 is 0. The number of esters is 1. The van der Waals surface area contributed by atoms with Crippen LogP contribution in [0.3, 0.4) is 0 Å². The van der Waals surface area contributed by atoms with Crippen molar-refractivity contribution in [2.75, 3.05) is 13.2 Å². The van der Waals surface area contributed by atoms with Crippen LogP contribution < -0.4 is 0 Å². The van der Waals surface area contributed by atoms with Crippen LogP contribution in [0.2, 0.25) is 0 Å². The van der Waals surface area contributed by atoms with Crippen molar-refractivity contribution in [3.8, 4) is 0 Å². The number of aryl methyl sites for hydroxylation is 1. The van der Waals surface area contributed by atoms with Crippen molar-refractivity contribution in [1.82, 2.24) is 0 Å². The number of cyclic esters (lactones) is 1. The third-order valence-electron chi connectivity index (χ3n) is 2.67. The molecule has 0 radical (unpaired) electrons. The van der Waals surface area contributed by atoms with Crippen molar-refractivity contribution >= 4 is 5.97 Å². The molecule has 0 fully saturated rings. The smallest absolute Gasteiger partial charge is 0.411 e. The Morgan fingerprint density at radius 1 is 1.44 bits per heavy atom. The number of hydrogen-bond donors (Lipinski definition) is 0. The second-order valence-corrected chi connectivity index (χ2v) is 4.05. The third kappa shape index (κ3) is 2.64. The maximum atomic E-state index is 12.1. The van der Waals surface area contributed by atoms with E-state index in [1.54, 1.807) is 25.1 Å².